The molecule has 7 nitrogen and oxygen atoms in total. The number of aryl methyl sites for hydroxylation is 1. The molecule has 0 unspecified atom stereocenters. The summed E-state index contributed by atoms with van der Waals surface area (Å²) >= 11 is 6.00. The summed E-state index contributed by atoms with van der Waals surface area (Å²) in [5.74, 6) is 0.730. The van der Waals surface area contributed by atoms with Crippen LogP contribution in [-0.2, 0) is 13.7 Å². The van der Waals surface area contributed by atoms with Gasteiger partial charge in [-0.3, -0.25) is 14.9 Å². The molecule has 0 saturated carbocycles. The van der Waals surface area contributed by atoms with Crippen molar-refractivity contribution in [2.75, 3.05) is 0 Å². The van der Waals surface area contributed by atoms with Crippen molar-refractivity contribution in [1.82, 2.24) is 4.57 Å². The van der Waals surface area contributed by atoms with Crippen LogP contribution < -0.4 is 14.9 Å². The lowest BCUT2D eigenvalue weighted by atomic mass is 10.3. The minimum Gasteiger partial charge on any atom is -0.487 e. The summed E-state index contributed by atoms with van der Waals surface area (Å²) in [5.41, 5.74) is -0.0393. The Kier molecular flexibility index (Phi) is 5.42. The fourth-order valence-corrected chi connectivity index (χ4v) is 2.61. The molecule has 0 aliphatic carbocycles. The molecule has 3 aromatic rings. The first-order chi connectivity index (χ1) is 13.0. The summed E-state index contributed by atoms with van der Waals surface area (Å²) in [5, 5.41) is 10.8. The number of rotatable bonds is 6. The maximum Gasteiger partial charge on any atom is 0.291 e. The van der Waals surface area contributed by atoms with Gasteiger partial charge >= 0.3 is 0 Å². The molecule has 2 aromatic carbocycles. The largest absolute Gasteiger partial charge is 0.487 e. The van der Waals surface area contributed by atoms with Crippen LogP contribution in [0.5, 0.6) is 17.2 Å². The number of ether oxygens (including phenoxy) is 2. The Morgan fingerprint density at radius 2 is 1.85 bits per heavy atom. The van der Waals surface area contributed by atoms with Gasteiger partial charge in [-0.15, -0.1) is 0 Å². The molecule has 0 atom stereocenters. The predicted octanol–water partition coefficient (Wildman–Crippen LogP) is 4.32. The average Bonchev–Trinajstić information content (AvgIpc) is 2.65. The van der Waals surface area contributed by atoms with Crippen molar-refractivity contribution in [3.05, 3.63) is 91.8 Å². The number of nitro groups is 1. The van der Waals surface area contributed by atoms with E-state index < -0.39 is 4.92 Å². The highest BCUT2D eigenvalue weighted by atomic mass is 35.5. The number of hydrogen-bond donors (Lipinski definition) is 0. The number of aromatic nitrogens is 1. The maximum absolute atomic E-state index is 12.4. The molecule has 0 saturated heterocycles. The van der Waals surface area contributed by atoms with Crippen LogP contribution in [0.1, 0.15) is 5.69 Å². The van der Waals surface area contributed by atoms with Crippen LogP contribution in [0.25, 0.3) is 0 Å². The number of halogens is 1. The monoisotopic (exact) mass is 386 g/mol. The molecule has 0 bridgehead atoms. The molecule has 8 heteroatoms. The quantitative estimate of drug-likeness (QED) is 0.465. The van der Waals surface area contributed by atoms with Crippen molar-refractivity contribution in [3.8, 4) is 17.2 Å². The Labute approximate surface area is 159 Å². The summed E-state index contributed by atoms with van der Waals surface area (Å²) < 4.78 is 12.9. The van der Waals surface area contributed by atoms with E-state index in [0.29, 0.717) is 11.4 Å². The van der Waals surface area contributed by atoms with Gasteiger partial charge in [0.1, 0.15) is 12.4 Å². The van der Waals surface area contributed by atoms with Gasteiger partial charge in [0, 0.05) is 19.2 Å². The van der Waals surface area contributed by atoms with Crippen LogP contribution in [0.15, 0.2) is 65.6 Å². The fraction of sp³-hybridized carbons (Fsp3) is 0.105. The third-order valence-electron chi connectivity index (χ3n) is 3.79. The van der Waals surface area contributed by atoms with Crippen LogP contribution >= 0.6 is 11.6 Å². The summed E-state index contributed by atoms with van der Waals surface area (Å²) in [6.45, 7) is 0.202. The van der Waals surface area contributed by atoms with Gasteiger partial charge in [0.05, 0.1) is 16.8 Å². The number of para-hydroxylation sites is 1. The molecule has 3 rings (SSSR count). The van der Waals surface area contributed by atoms with Crippen LogP contribution in [0, 0.1) is 10.1 Å². The lowest BCUT2D eigenvalue weighted by Crippen LogP contribution is -2.14. The van der Waals surface area contributed by atoms with E-state index >= 15 is 0 Å². The van der Waals surface area contributed by atoms with Crippen LogP contribution in [0.2, 0.25) is 5.02 Å². The normalized spacial score (nSPS) is 10.4. The average molecular weight is 387 g/mol. The van der Waals surface area contributed by atoms with Gasteiger partial charge in [0.2, 0.25) is 5.43 Å². The molecule has 0 N–H and O–H groups in total. The number of benzene rings is 2. The Hall–Kier alpha value is -3.32. The van der Waals surface area contributed by atoms with E-state index in [-0.39, 0.29) is 34.2 Å². The SMILES string of the molecule is Cn1cc(Oc2cccc([N+](=O)[O-])c2Cl)c(=O)cc1COc1ccccc1. The molecule has 1 aromatic heterocycles. The summed E-state index contributed by atoms with van der Waals surface area (Å²) in [6, 6.07) is 14.8. The molecule has 0 aliphatic rings. The summed E-state index contributed by atoms with van der Waals surface area (Å²) in [4.78, 5) is 22.7. The van der Waals surface area contributed by atoms with E-state index in [0.717, 1.165) is 0 Å². The second kappa shape index (κ2) is 7.92. The molecular weight excluding hydrogens is 372 g/mol. The van der Waals surface area contributed by atoms with Crippen molar-refractivity contribution < 1.29 is 14.4 Å². The first-order valence-electron chi connectivity index (χ1n) is 7.94. The number of nitro benzene ring substituents is 1. The predicted molar refractivity (Wildman–Crippen MR) is 101 cm³/mol. The van der Waals surface area contributed by atoms with Gasteiger partial charge in [0.25, 0.3) is 5.69 Å². The fourth-order valence-electron chi connectivity index (χ4n) is 2.38. The van der Waals surface area contributed by atoms with Crippen LogP contribution in [0.3, 0.4) is 0 Å². The van der Waals surface area contributed by atoms with Gasteiger partial charge < -0.3 is 14.0 Å². The Bertz CT molecular complexity index is 1030. The van der Waals surface area contributed by atoms with Crippen molar-refractivity contribution in [2.24, 2.45) is 7.05 Å². The van der Waals surface area contributed by atoms with E-state index in [1.54, 1.807) is 11.6 Å². The Morgan fingerprint density at radius 1 is 1.11 bits per heavy atom. The van der Waals surface area contributed by atoms with Crippen molar-refractivity contribution in [3.63, 3.8) is 0 Å². The number of nitrogens with zero attached hydrogens (tertiary/aromatic N) is 2. The zero-order chi connectivity index (χ0) is 19.4. The Morgan fingerprint density at radius 3 is 2.56 bits per heavy atom. The molecule has 0 aliphatic heterocycles. The highest BCUT2D eigenvalue weighted by Crippen LogP contribution is 2.35. The number of hydrogen-bond acceptors (Lipinski definition) is 5. The molecule has 0 radical (unpaired) electrons. The third kappa shape index (κ3) is 4.27. The van der Waals surface area contributed by atoms with Gasteiger partial charge in [-0.05, 0) is 18.2 Å². The lowest BCUT2D eigenvalue weighted by Gasteiger charge is -2.13. The second-order valence-electron chi connectivity index (χ2n) is 5.65. The van der Waals surface area contributed by atoms with Gasteiger partial charge in [0.15, 0.2) is 16.5 Å². The van der Waals surface area contributed by atoms with E-state index in [4.69, 9.17) is 21.1 Å². The van der Waals surface area contributed by atoms with Crippen molar-refractivity contribution >= 4 is 17.3 Å². The zero-order valence-electron chi connectivity index (χ0n) is 14.3. The van der Waals surface area contributed by atoms with E-state index in [1.165, 1.54) is 30.5 Å². The highest BCUT2D eigenvalue weighted by Gasteiger charge is 2.18. The third-order valence-corrected chi connectivity index (χ3v) is 4.17. The minimum atomic E-state index is -0.614. The van der Waals surface area contributed by atoms with Crippen LogP contribution in [0.4, 0.5) is 5.69 Å². The molecule has 0 fully saturated rings. The first kappa shape index (κ1) is 18.5. The molecule has 0 amide bonds. The van der Waals surface area contributed by atoms with Gasteiger partial charge in [-0.25, -0.2) is 0 Å². The summed E-state index contributed by atoms with van der Waals surface area (Å²) in [7, 11) is 1.74. The topological polar surface area (TPSA) is 83.6 Å². The molecule has 27 heavy (non-hydrogen) atoms. The maximum atomic E-state index is 12.4. The van der Waals surface area contributed by atoms with Crippen molar-refractivity contribution in [2.45, 2.75) is 6.61 Å². The summed E-state index contributed by atoms with van der Waals surface area (Å²) in [6.07, 6.45) is 1.49. The molecular formula is C19H15ClN2O5. The van der Waals surface area contributed by atoms with Gasteiger partial charge in [-0.1, -0.05) is 35.9 Å². The minimum absolute atomic E-state index is 0.00311. The number of pyridine rings is 1. The Balaban J connectivity index is 1.82. The zero-order valence-corrected chi connectivity index (χ0v) is 15.1. The molecule has 138 valence electrons. The van der Waals surface area contributed by atoms with Crippen molar-refractivity contribution in [1.29, 1.82) is 0 Å². The first-order valence-corrected chi connectivity index (χ1v) is 8.31. The van der Waals surface area contributed by atoms with E-state index in [1.807, 2.05) is 30.3 Å². The van der Waals surface area contributed by atoms with E-state index in [9.17, 15) is 14.9 Å². The van der Waals surface area contributed by atoms with E-state index in [2.05, 4.69) is 0 Å². The second-order valence-corrected chi connectivity index (χ2v) is 6.03. The smallest absolute Gasteiger partial charge is 0.291 e. The molecule has 1 heterocycles. The highest BCUT2D eigenvalue weighted by molar-refractivity contribution is 6.34. The van der Waals surface area contributed by atoms with Gasteiger partial charge in [-0.2, -0.15) is 0 Å². The van der Waals surface area contributed by atoms with Crippen LogP contribution in [-0.4, -0.2) is 9.49 Å². The lowest BCUT2D eigenvalue weighted by molar-refractivity contribution is -0.384. The molecule has 0 spiro atoms. The standard InChI is InChI=1S/C19H15ClN2O5/c1-21-11-18(27-17-9-5-8-15(19(17)20)22(24)25)16(23)10-13(21)12-26-14-6-3-2-4-7-14/h2-11H,12H2,1H3.